The number of methoxy groups -OCH3 is 1. The second kappa shape index (κ2) is 10.4. The van der Waals surface area contributed by atoms with Crippen LogP contribution in [0.3, 0.4) is 0 Å². The van der Waals surface area contributed by atoms with Gasteiger partial charge in [0.2, 0.25) is 0 Å². The maximum Gasteiger partial charge on any atom is 0.307 e. The Labute approximate surface area is 198 Å². The average Bonchev–Trinajstić information content (AvgIpc) is 3.17. The van der Waals surface area contributed by atoms with E-state index in [1.54, 1.807) is 48.1 Å². The van der Waals surface area contributed by atoms with E-state index in [0.717, 1.165) is 23.1 Å². The lowest BCUT2D eigenvalue weighted by Crippen LogP contribution is -2.13. The van der Waals surface area contributed by atoms with Gasteiger partial charge in [-0.2, -0.15) is 0 Å². The van der Waals surface area contributed by atoms with Crippen LogP contribution in [0.2, 0.25) is 0 Å². The van der Waals surface area contributed by atoms with E-state index in [9.17, 15) is 14.7 Å². The van der Waals surface area contributed by atoms with Crippen molar-refractivity contribution in [2.75, 3.05) is 13.7 Å². The summed E-state index contributed by atoms with van der Waals surface area (Å²) in [6.45, 7) is 2.93. The largest absolute Gasteiger partial charge is 0.493 e. The van der Waals surface area contributed by atoms with Gasteiger partial charge in [0, 0.05) is 30.2 Å². The molecule has 6 heteroatoms. The van der Waals surface area contributed by atoms with Gasteiger partial charge in [-0.05, 0) is 60.0 Å². The lowest BCUT2D eigenvalue weighted by Gasteiger charge is -2.11. The third-order valence-electron chi connectivity index (χ3n) is 5.82. The molecular weight excluding hydrogens is 430 g/mol. The minimum Gasteiger partial charge on any atom is -0.493 e. The molecule has 0 aliphatic rings. The summed E-state index contributed by atoms with van der Waals surface area (Å²) < 4.78 is 12.8. The molecule has 0 atom stereocenters. The van der Waals surface area contributed by atoms with Crippen LogP contribution in [0.1, 0.15) is 32.7 Å². The van der Waals surface area contributed by atoms with Crippen molar-refractivity contribution in [3.05, 3.63) is 101 Å². The number of carboxylic acid groups (broad SMARTS) is 1. The van der Waals surface area contributed by atoms with Crippen LogP contribution in [-0.2, 0) is 29.0 Å². The molecule has 0 saturated carbocycles. The summed E-state index contributed by atoms with van der Waals surface area (Å²) in [6, 6.07) is 22.5. The van der Waals surface area contributed by atoms with E-state index in [1.165, 1.54) is 5.56 Å². The molecule has 4 rings (SSSR count). The highest BCUT2D eigenvalue weighted by Crippen LogP contribution is 2.25. The molecule has 0 spiro atoms. The zero-order chi connectivity index (χ0) is 24.1. The number of benzene rings is 3. The molecule has 0 saturated heterocycles. The van der Waals surface area contributed by atoms with E-state index in [-0.39, 0.29) is 12.3 Å². The van der Waals surface area contributed by atoms with E-state index in [1.807, 2.05) is 31.2 Å². The highest BCUT2D eigenvalue weighted by Gasteiger charge is 2.17. The summed E-state index contributed by atoms with van der Waals surface area (Å²) in [6.07, 6.45) is 0.671. The molecule has 1 heterocycles. The molecule has 174 valence electrons. The van der Waals surface area contributed by atoms with Gasteiger partial charge in [-0.1, -0.05) is 36.4 Å². The summed E-state index contributed by atoms with van der Waals surface area (Å²) in [7, 11) is 1.68. The number of carbonyl (C=O) groups excluding carboxylic acids is 1. The van der Waals surface area contributed by atoms with Gasteiger partial charge in [0.25, 0.3) is 5.91 Å². The first kappa shape index (κ1) is 23.3. The second-order valence-corrected chi connectivity index (χ2v) is 8.17. The predicted molar refractivity (Wildman–Crippen MR) is 131 cm³/mol. The molecule has 6 nitrogen and oxygen atoms in total. The van der Waals surface area contributed by atoms with Crippen molar-refractivity contribution in [1.29, 1.82) is 0 Å². The van der Waals surface area contributed by atoms with E-state index < -0.39 is 5.97 Å². The molecule has 0 bridgehead atoms. The predicted octanol–water partition coefficient (Wildman–Crippen LogP) is 5.03. The number of rotatable bonds is 9. The maximum absolute atomic E-state index is 13.3. The molecule has 0 fully saturated rings. The Morgan fingerprint density at radius 3 is 2.32 bits per heavy atom. The van der Waals surface area contributed by atoms with Crippen molar-refractivity contribution in [1.82, 2.24) is 4.57 Å². The van der Waals surface area contributed by atoms with Gasteiger partial charge >= 0.3 is 5.97 Å². The van der Waals surface area contributed by atoms with E-state index >= 15 is 0 Å². The fourth-order valence-corrected chi connectivity index (χ4v) is 4.21. The maximum atomic E-state index is 13.3. The van der Waals surface area contributed by atoms with Gasteiger partial charge in [0.1, 0.15) is 5.75 Å². The van der Waals surface area contributed by atoms with Gasteiger partial charge in [-0.15, -0.1) is 0 Å². The molecule has 34 heavy (non-hydrogen) atoms. The highest BCUT2D eigenvalue weighted by molar-refractivity contribution is 6.04. The minimum absolute atomic E-state index is 0.0863. The number of aliphatic carboxylic acids is 1. The number of ether oxygens (including phenoxy) is 2. The number of carboxylic acids is 1. The normalized spacial score (nSPS) is 11.0. The first-order chi connectivity index (χ1) is 16.5. The second-order valence-electron chi connectivity index (χ2n) is 8.17. The Hall–Kier alpha value is -3.90. The van der Waals surface area contributed by atoms with Crippen LogP contribution in [0.25, 0.3) is 10.9 Å². The van der Waals surface area contributed by atoms with Crippen LogP contribution in [0.4, 0.5) is 0 Å². The zero-order valence-electron chi connectivity index (χ0n) is 19.3. The fraction of sp³-hybridized carbons (Fsp3) is 0.214. The Morgan fingerprint density at radius 2 is 1.62 bits per heavy atom. The number of aromatic nitrogens is 1. The number of hydrogen-bond acceptors (Lipinski definition) is 4. The Morgan fingerprint density at radius 1 is 0.912 bits per heavy atom. The van der Waals surface area contributed by atoms with Gasteiger partial charge < -0.3 is 14.6 Å². The summed E-state index contributed by atoms with van der Waals surface area (Å²) in [5, 5.41) is 9.97. The van der Waals surface area contributed by atoms with Crippen LogP contribution in [0.15, 0.2) is 72.8 Å². The number of fused-ring (bicyclic) bond motifs is 1. The van der Waals surface area contributed by atoms with Gasteiger partial charge in [0.15, 0.2) is 0 Å². The molecule has 1 aromatic heterocycles. The highest BCUT2D eigenvalue weighted by atomic mass is 16.5. The van der Waals surface area contributed by atoms with E-state index in [0.29, 0.717) is 35.6 Å². The van der Waals surface area contributed by atoms with E-state index in [4.69, 9.17) is 9.47 Å². The average molecular weight is 458 g/mol. The van der Waals surface area contributed by atoms with Crippen LogP contribution < -0.4 is 4.74 Å². The number of nitrogens with zero attached hydrogens (tertiary/aromatic N) is 1. The minimum atomic E-state index is -0.901. The summed E-state index contributed by atoms with van der Waals surface area (Å²) in [5.41, 5.74) is 5.02. The standard InChI is InChI=1S/C28H27NO5/c1-19-16-25-22(17-27(30)31)8-5-9-26(25)29(19)28(32)21-10-12-24(13-11-21)34-15-14-20-6-3-4-7-23(20)18-33-2/h3-13,16H,14-15,17-18H2,1-2H3,(H,30,31). The van der Waals surface area contributed by atoms with E-state index in [2.05, 4.69) is 12.1 Å². The monoisotopic (exact) mass is 457 g/mol. The quantitative estimate of drug-likeness (QED) is 0.381. The molecule has 0 radical (unpaired) electrons. The molecule has 4 aromatic rings. The molecule has 0 aliphatic heterocycles. The Kier molecular flexibility index (Phi) is 7.09. The van der Waals surface area contributed by atoms with Crippen molar-refractivity contribution < 1.29 is 24.2 Å². The first-order valence-corrected chi connectivity index (χ1v) is 11.1. The molecular formula is C28H27NO5. The Balaban J connectivity index is 1.47. The summed E-state index contributed by atoms with van der Waals surface area (Å²) in [5.74, 6) is -0.374. The van der Waals surface area contributed by atoms with Crippen molar-refractivity contribution >= 4 is 22.8 Å². The Bertz CT molecular complexity index is 1320. The molecule has 0 amide bonds. The van der Waals surface area contributed by atoms with Crippen LogP contribution in [0, 0.1) is 6.92 Å². The van der Waals surface area contributed by atoms with Crippen LogP contribution in [0.5, 0.6) is 5.75 Å². The van der Waals surface area contributed by atoms with Gasteiger partial charge in [-0.25, -0.2) is 0 Å². The molecule has 1 N–H and O–H groups in total. The zero-order valence-corrected chi connectivity index (χ0v) is 19.3. The fourth-order valence-electron chi connectivity index (χ4n) is 4.21. The molecule has 0 aliphatic carbocycles. The smallest absolute Gasteiger partial charge is 0.307 e. The van der Waals surface area contributed by atoms with Crippen LogP contribution >= 0.6 is 0 Å². The number of aryl methyl sites for hydroxylation is 1. The third kappa shape index (κ3) is 5.02. The summed E-state index contributed by atoms with van der Waals surface area (Å²) in [4.78, 5) is 24.5. The molecule has 0 unspecified atom stereocenters. The SMILES string of the molecule is COCc1ccccc1CCOc1ccc(C(=O)n2c(C)cc3c(CC(=O)O)cccc32)cc1. The van der Waals surface area contributed by atoms with Gasteiger partial charge in [-0.3, -0.25) is 14.2 Å². The first-order valence-electron chi connectivity index (χ1n) is 11.1. The summed E-state index contributed by atoms with van der Waals surface area (Å²) >= 11 is 0. The van der Waals surface area contributed by atoms with Crippen molar-refractivity contribution in [2.45, 2.75) is 26.4 Å². The molecule has 3 aromatic carbocycles. The van der Waals surface area contributed by atoms with Crippen molar-refractivity contribution in [3.8, 4) is 5.75 Å². The topological polar surface area (TPSA) is 77.8 Å². The lowest BCUT2D eigenvalue weighted by atomic mass is 10.1. The van der Waals surface area contributed by atoms with Crippen molar-refractivity contribution in [3.63, 3.8) is 0 Å². The van der Waals surface area contributed by atoms with Crippen molar-refractivity contribution in [2.24, 2.45) is 0 Å². The van der Waals surface area contributed by atoms with Gasteiger partial charge in [0.05, 0.1) is 25.2 Å². The lowest BCUT2D eigenvalue weighted by molar-refractivity contribution is -0.136. The van der Waals surface area contributed by atoms with Crippen LogP contribution in [-0.4, -0.2) is 35.3 Å². The number of carbonyl (C=O) groups is 2. The third-order valence-corrected chi connectivity index (χ3v) is 5.82. The number of hydrogen-bond donors (Lipinski definition) is 1.